The topological polar surface area (TPSA) is 26.0 Å². The van der Waals surface area contributed by atoms with Crippen LogP contribution in [-0.4, -0.2) is 13.8 Å². The maximum Gasteiger partial charge on any atom is 0.216 e. The lowest BCUT2D eigenvalue weighted by Gasteiger charge is -2.10. The van der Waals surface area contributed by atoms with E-state index in [0.29, 0.717) is 6.54 Å². The van der Waals surface area contributed by atoms with Gasteiger partial charge in [0.05, 0.1) is 6.54 Å². The molecule has 0 heterocycles. The molecular formula is C12H22BN. The van der Waals surface area contributed by atoms with Crippen molar-refractivity contribution in [3.05, 3.63) is 0 Å². The second-order valence-electron chi connectivity index (χ2n) is 4.33. The smallest absolute Gasteiger partial charge is 0.216 e. The summed E-state index contributed by atoms with van der Waals surface area (Å²) in [4.78, 5) is 0. The van der Waals surface area contributed by atoms with Gasteiger partial charge in [-0.25, -0.2) is 0 Å². The quantitative estimate of drug-likeness (QED) is 0.499. The molecule has 2 N–H and O–H groups in total. The molecule has 1 aliphatic rings. The van der Waals surface area contributed by atoms with E-state index in [1.165, 1.54) is 51.4 Å². The van der Waals surface area contributed by atoms with Crippen molar-refractivity contribution < 1.29 is 0 Å². The first kappa shape index (κ1) is 11.7. The molecule has 1 nitrogen and oxygen atoms in total. The highest BCUT2D eigenvalue weighted by Crippen LogP contribution is 2.24. The van der Waals surface area contributed by atoms with E-state index in [1.807, 2.05) is 0 Å². The van der Waals surface area contributed by atoms with Crippen LogP contribution in [0.2, 0.25) is 5.82 Å². The van der Waals surface area contributed by atoms with E-state index in [1.54, 1.807) is 0 Å². The Labute approximate surface area is 89.1 Å². The molecule has 0 aromatic carbocycles. The highest BCUT2D eigenvalue weighted by atomic mass is 14.5. The van der Waals surface area contributed by atoms with Gasteiger partial charge in [0.25, 0.3) is 0 Å². The van der Waals surface area contributed by atoms with Crippen LogP contribution in [0.5, 0.6) is 0 Å². The molecule has 0 saturated heterocycles. The highest BCUT2D eigenvalue weighted by molar-refractivity contribution is 6.47. The average molecular weight is 191 g/mol. The fourth-order valence-electron chi connectivity index (χ4n) is 2.21. The SMILES string of the molecule is NCC#CBC1CCCCCCCC1. The van der Waals surface area contributed by atoms with Crippen molar-refractivity contribution >= 4 is 7.28 Å². The lowest BCUT2D eigenvalue weighted by Crippen LogP contribution is -2.03. The van der Waals surface area contributed by atoms with Gasteiger partial charge in [0, 0.05) is 0 Å². The molecule has 0 aromatic rings. The van der Waals surface area contributed by atoms with Gasteiger partial charge in [-0.2, -0.15) is 5.82 Å². The molecule has 0 atom stereocenters. The summed E-state index contributed by atoms with van der Waals surface area (Å²) in [5, 5.41) is 0. The van der Waals surface area contributed by atoms with Crippen molar-refractivity contribution in [1.82, 2.24) is 0 Å². The van der Waals surface area contributed by atoms with E-state index in [0.717, 1.165) is 13.1 Å². The van der Waals surface area contributed by atoms with Crippen LogP contribution in [0.15, 0.2) is 0 Å². The van der Waals surface area contributed by atoms with Crippen LogP contribution in [0.4, 0.5) is 0 Å². The fraction of sp³-hybridized carbons (Fsp3) is 0.833. The standard InChI is InChI=1S/C12H22BN/c14-11-7-10-13-12-8-5-3-1-2-4-6-9-12/h12-13H,1-6,8-9,11,14H2. The summed E-state index contributed by atoms with van der Waals surface area (Å²) in [5.41, 5.74) is 5.35. The van der Waals surface area contributed by atoms with Gasteiger partial charge >= 0.3 is 0 Å². The first-order valence-electron chi connectivity index (χ1n) is 6.09. The minimum Gasteiger partial charge on any atom is -0.320 e. The molecule has 1 rings (SSSR count). The number of hydrogen-bond donors (Lipinski definition) is 1. The van der Waals surface area contributed by atoms with Crippen molar-refractivity contribution in [3.8, 4) is 11.7 Å². The van der Waals surface area contributed by atoms with Gasteiger partial charge in [-0.15, -0.1) is 5.92 Å². The van der Waals surface area contributed by atoms with E-state index >= 15 is 0 Å². The van der Waals surface area contributed by atoms with Crippen LogP contribution in [0.25, 0.3) is 0 Å². The lowest BCUT2D eigenvalue weighted by atomic mass is 9.61. The molecule has 2 heteroatoms. The molecule has 0 aromatic heterocycles. The molecule has 78 valence electrons. The summed E-state index contributed by atoms with van der Waals surface area (Å²) >= 11 is 0. The Kier molecular flexibility index (Phi) is 6.61. The predicted molar refractivity (Wildman–Crippen MR) is 64.7 cm³/mol. The van der Waals surface area contributed by atoms with Crippen molar-refractivity contribution in [2.45, 2.75) is 57.2 Å². The Balaban J connectivity index is 2.25. The molecule has 1 saturated carbocycles. The highest BCUT2D eigenvalue weighted by Gasteiger charge is 2.10. The molecule has 0 bridgehead atoms. The molecule has 0 spiro atoms. The summed E-state index contributed by atoms with van der Waals surface area (Å²) < 4.78 is 0. The van der Waals surface area contributed by atoms with E-state index < -0.39 is 0 Å². The van der Waals surface area contributed by atoms with Gasteiger partial charge in [-0.05, 0) is 0 Å². The van der Waals surface area contributed by atoms with Gasteiger partial charge in [-0.1, -0.05) is 57.2 Å². The van der Waals surface area contributed by atoms with Gasteiger partial charge in [0.2, 0.25) is 7.28 Å². The van der Waals surface area contributed by atoms with Crippen LogP contribution >= 0.6 is 0 Å². The summed E-state index contributed by atoms with van der Waals surface area (Å²) in [7, 11) is 1.08. The first-order chi connectivity index (χ1) is 6.93. The normalized spacial score (nSPS) is 19.8. The summed E-state index contributed by atoms with van der Waals surface area (Å²) in [5.74, 6) is 7.03. The van der Waals surface area contributed by atoms with Gasteiger partial charge in [-0.3, -0.25) is 0 Å². The lowest BCUT2D eigenvalue weighted by molar-refractivity contribution is 0.621. The third-order valence-corrected chi connectivity index (χ3v) is 3.09. The second kappa shape index (κ2) is 7.94. The monoisotopic (exact) mass is 191 g/mol. The van der Waals surface area contributed by atoms with Crippen molar-refractivity contribution in [1.29, 1.82) is 0 Å². The van der Waals surface area contributed by atoms with Gasteiger partial charge < -0.3 is 5.73 Å². The van der Waals surface area contributed by atoms with E-state index in [4.69, 9.17) is 5.73 Å². The number of hydrogen-bond acceptors (Lipinski definition) is 1. The van der Waals surface area contributed by atoms with E-state index in [-0.39, 0.29) is 0 Å². The van der Waals surface area contributed by atoms with Crippen molar-refractivity contribution in [3.63, 3.8) is 0 Å². The molecule has 0 aliphatic heterocycles. The van der Waals surface area contributed by atoms with Crippen LogP contribution in [-0.2, 0) is 0 Å². The Morgan fingerprint density at radius 3 is 2.14 bits per heavy atom. The minimum atomic E-state index is 0.521. The first-order valence-corrected chi connectivity index (χ1v) is 6.09. The van der Waals surface area contributed by atoms with Crippen molar-refractivity contribution in [2.75, 3.05) is 6.54 Å². The van der Waals surface area contributed by atoms with Crippen molar-refractivity contribution in [2.24, 2.45) is 5.73 Å². The van der Waals surface area contributed by atoms with Gasteiger partial charge in [0.15, 0.2) is 0 Å². The van der Waals surface area contributed by atoms with E-state index in [9.17, 15) is 0 Å². The Bertz CT molecular complexity index is 182. The summed E-state index contributed by atoms with van der Waals surface area (Å²) in [6.45, 7) is 0.521. The zero-order chi connectivity index (χ0) is 10.1. The maximum atomic E-state index is 5.35. The Morgan fingerprint density at radius 2 is 1.57 bits per heavy atom. The maximum absolute atomic E-state index is 5.35. The number of nitrogens with two attached hydrogens (primary N) is 1. The third kappa shape index (κ3) is 5.34. The van der Waals surface area contributed by atoms with Gasteiger partial charge in [0.1, 0.15) is 0 Å². The van der Waals surface area contributed by atoms with Crippen LogP contribution < -0.4 is 5.73 Å². The molecule has 14 heavy (non-hydrogen) atoms. The predicted octanol–water partition coefficient (Wildman–Crippen LogP) is 2.27. The molecule has 0 unspecified atom stereocenters. The van der Waals surface area contributed by atoms with E-state index in [2.05, 4.69) is 11.7 Å². The van der Waals surface area contributed by atoms with Crippen LogP contribution in [0.1, 0.15) is 51.4 Å². The Morgan fingerprint density at radius 1 is 1.00 bits per heavy atom. The zero-order valence-corrected chi connectivity index (χ0v) is 9.23. The van der Waals surface area contributed by atoms with Crippen LogP contribution in [0, 0.1) is 11.7 Å². The average Bonchev–Trinajstić information content (AvgIpc) is 2.32. The number of rotatable bonds is 1. The molecule has 0 amide bonds. The summed E-state index contributed by atoms with van der Waals surface area (Å²) in [6.07, 6.45) is 11.4. The largest absolute Gasteiger partial charge is 0.320 e. The second-order valence-corrected chi connectivity index (χ2v) is 4.33. The molecule has 1 aliphatic carbocycles. The molecule has 1 fully saturated rings. The molecular weight excluding hydrogens is 169 g/mol. The fourth-order valence-corrected chi connectivity index (χ4v) is 2.21. The summed E-state index contributed by atoms with van der Waals surface area (Å²) in [6, 6.07) is 0. The zero-order valence-electron chi connectivity index (χ0n) is 9.23. The Hall–Kier alpha value is -0.415. The minimum absolute atomic E-state index is 0.521. The molecule has 0 radical (unpaired) electrons. The third-order valence-electron chi connectivity index (χ3n) is 3.09. The van der Waals surface area contributed by atoms with Crippen LogP contribution in [0.3, 0.4) is 0 Å².